The number of halogens is 1. The molecule has 1 N–H and O–H groups in total. The average Bonchev–Trinajstić information content (AvgIpc) is 2.62. The van der Waals surface area contributed by atoms with Crippen LogP contribution >= 0.6 is 0 Å². The maximum absolute atomic E-state index is 13.8. The van der Waals surface area contributed by atoms with Crippen LogP contribution < -0.4 is 9.62 Å². The number of nitrogens with one attached hydrogen (secondary N) is 1. The van der Waals surface area contributed by atoms with Gasteiger partial charge in [-0.2, -0.15) is 0 Å². The minimum atomic E-state index is -3.83. The fraction of sp³-hybridized carbons (Fsp3) is 0.400. The summed E-state index contributed by atoms with van der Waals surface area (Å²) in [4.78, 5) is 2.14. The molecule has 0 radical (unpaired) electrons. The largest absolute Gasteiger partial charge is 0.378 e. The molecule has 5 nitrogen and oxygen atoms in total. The van der Waals surface area contributed by atoms with E-state index >= 15 is 0 Å². The van der Waals surface area contributed by atoms with Crippen molar-refractivity contribution in [2.45, 2.75) is 31.1 Å². The van der Waals surface area contributed by atoms with Crippen LogP contribution in [-0.4, -0.2) is 34.7 Å². The molecule has 2 aromatic rings. The van der Waals surface area contributed by atoms with Crippen LogP contribution in [0, 0.1) is 5.82 Å². The predicted octanol–water partition coefficient (Wildman–Crippen LogP) is 3.76. The van der Waals surface area contributed by atoms with E-state index < -0.39 is 15.8 Å². The monoisotopic (exact) mass is 392 g/mol. The Labute approximate surface area is 160 Å². The van der Waals surface area contributed by atoms with Gasteiger partial charge in [-0.05, 0) is 35.2 Å². The van der Waals surface area contributed by atoms with E-state index in [1.54, 1.807) is 18.2 Å². The number of benzene rings is 2. The van der Waals surface area contributed by atoms with Gasteiger partial charge in [0.05, 0.1) is 29.5 Å². The third-order valence-corrected chi connectivity index (χ3v) is 5.97. The van der Waals surface area contributed by atoms with E-state index in [0.29, 0.717) is 32.0 Å². The number of nitrogens with zero attached hydrogens (tertiary/aromatic N) is 1. The highest BCUT2D eigenvalue weighted by atomic mass is 32.2. The molecule has 1 aliphatic rings. The minimum absolute atomic E-state index is 0.0677. The Morgan fingerprint density at radius 2 is 1.67 bits per heavy atom. The molecule has 0 aliphatic carbocycles. The molecule has 7 heteroatoms. The van der Waals surface area contributed by atoms with Crippen molar-refractivity contribution >= 4 is 21.4 Å². The summed E-state index contributed by atoms with van der Waals surface area (Å²) in [7, 11) is -3.83. The summed E-state index contributed by atoms with van der Waals surface area (Å²) in [5, 5.41) is 0. The topological polar surface area (TPSA) is 58.6 Å². The Balaban J connectivity index is 1.90. The van der Waals surface area contributed by atoms with Crippen molar-refractivity contribution < 1.29 is 17.5 Å². The Morgan fingerprint density at radius 3 is 2.26 bits per heavy atom. The first-order valence-corrected chi connectivity index (χ1v) is 10.4. The smallest absolute Gasteiger partial charge is 0.261 e. The molecule has 1 aliphatic heterocycles. The molecule has 0 saturated carbocycles. The third kappa shape index (κ3) is 4.59. The molecule has 0 unspecified atom stereocenters. The Bertz CT molecular complexity index is 900. The number of rotatable bonds is 4. The van der Waals surface area contributed by atoms with Crippen molar-refractivity contribution in [3.05, 3.63) is 53.8 Å². The van der Waals surface area contributed by atoms with E-state index in [4.69, 9.17) is 4.74 Å². The number of anilines is 2. The van der Waals surface area contributed by atoms with Gasteiger partial charge in [0.1, 0.15) is 5.82 Å². The Morgan fingerprint density at radius 1 is 1.04 bits per heavy atom. The predicted molar refractivity (Wildman–Crippen MR) is 105 cm³/mol. The molecule has 0 bridgehead atoms. The standard InChI is InChI=1S/C20H25FN2O3S/c1-20(2,3)15-4-7-17(8-5-15)27(24,25)22-18-14-16(21)6-9-19(18)23-10-12-26-13-11-23/h4-9,14,22H,10-13H2,1-3H3. The highest BCUT2D eigenvalue weighted by Gasteiger charge is 2.21. The fourth-order valence-corrected chi connectivity index (χ4v) is 4.07. The average molecular weight is 392 g/mol. The second kappa shape index (κ2) is 7.48. The molecule has 27 heavy (non-hydrogen) atoms. The van der Waals surface area contributed by atoms with Crippen LogP contribution in [0.3, 0.4) is 0 Å². The van der Waals surface area contributed by atoms with Crippen molar-refractivity contribution in [2.75, 3.05) is 35.9 Å². The van der Waals surface area contributed by atoms with Gasteiger partial charge in [0.25, 0.3) is 10.0 Å². The first-order valence-electron chi connectivity index (χ1n) is 8.92. The van der Waals surface area contributed by atoms with E-state index in [-0.39, 0.29) is 16.0 Å². The van der Waals surface area contributed by atoms with Crippen LogP contribution in [0.15, 0.2) is 47.4 Å². The van der Waals surface area contributed by atoms with Gasteiger partial charge in [-0.3, -0.25) is 4.72 Å². The molecule has 0 amide bonds. The quantitative estimate of drug-likeness (QED) is 0.861. The van der Waals surface area contributed by atoms with Gasteiger partial charge in [-0.25, -0.2) is 12.8 Å². The molecule has 3 rings (SSSR count). The number of ether oxygens (including phenoxy) is 1. The molecule has 0 spiro atoms. The molecule has 146 valence electrons. The third-order valence-electron chi connectivity index (χ3n) is 4.59. The lowest BCUT2D eigenvalue weighted by Gasteiger charge is -2.30. The summed E-state index contributed by atoms with van der Waals surface area (Å²) in [5.41, 5.74) is 1.86. The minimum Gasteiger partial charge on any atom is -0.378 e. The van der Waals surface area contributed by atoms with Gasteiger partial charge in [0.15, 0.2) is 0 Å². The van der Waals surface area contributed by atoms with Crippen LogP contribution in [0.25, 0.3) is 0 Å². The summed E-state index contributed by atoms with van der Waals surface area (Å²) in [5.74, 6) is -0.493. The maximum atomic E-state index is 13.8. The lowest BCUT2D eigenvalue weighted by Crippen LogP contribution is -2.36. The molecule has 2 aromatic carbocycles. The second-order valence-electron chi connectivity index (χ2n) is 7.64. The normalized spacial score (nSPS) is 15.6. The first kappa shape index (κ1) is 19.6. The lowest BCUT2D eigenvalue weighted by molar-refractivity contribution is 0.123. The lowest BCUT2D eigenvalue weighted by atomic mass is 9.87. The summed E-state index contributed by atoms with van der Waals surface area (Å²) in [6.45, 7) is 8.55. The van der Waals surface area contributed by atoms with Gasteiger partial charge in [-0.15, -0.1) is 0 Å². The van der Waals surface area contributed by atoms with E-state index in [1.165, 1.54) is 12.1 Å². The molecule has 0 atom stereocenters. The number of hydrogen-bond acceptors (Lipinski definition) is 4. The summed E-state index contributed by atoms with van der Waals surface area (Å²) in [6.07, 6.45) is 0. The van der Waals surface area contributed by atoms with Crippen molar-refractivity contribution in [3.63, 3.8) is 0 Å². The summed E-state index contributed by atoms with van der Waals surface area (Å²) < 4.78 is 47.4. The first-order chi connectivity index (χ1) is 12.7. The van der Waals surface area contributed by atoms with E-state index in [9.17, 15) is 12.8 Å². The zero-order chi connectivity index (χ0) is 19.7. The number of sulfonamides is 1. The zero-order valence-corrected chi connectivity index (χ0v) is 16.6. The molecular weight excluding hydrogens is 367 g/mol. The summed E-state index contributed by atoms with van der Waals surface area (Å²) in [6, 6.07) is 10.9. The van der Waals surface area contributed by atoms with E-state index in [1.807, 2.05) is 17.0 Å². The second-order valence-corrected chi connectivity index (χ2v) is 9.32. The van der Waals surface area contributed by atoms with E-state index in [2.05, 4.69) is 25.5 Å². The molecule has 1 fully saturated rings. The fourth-order valence-electron chi connectivity index (χ4n) is 3.01. The molecule has 0 aromatic heterocycles. The molecular formula is C20H25FN2O3S. The number of morpholine rings is 1. The van der Waals surface area contributed by atoms with Crippen molar-refractivity contribution in [3.8, 4) is 0 Å². The van der Waals surface area contributed by atoms with Crippen LogP contribution in [0.1, 0.15) is 26.3 Å². The van der Waals surface area contributed by atoms with Gasteiger partial charge < -0.3 is 9.64 Å². The van der Waals surface area contributed by atoms with Crippen molar-refractivity contribution in [2.24, 2.45) is 0 Å². The molecule has 1 heterocycles. The summed E-state index contributed by atoms with van der Waals surface area (Å²) >= 11 is 0. The number of hydrogen-bond donors (Lipinski definition) is 1. The highest BCUT2D eigenvalue weighted by molar-refractivity contribution is 7.92. The van der Waals surface area contributed by atoms with Gasteiger partial charge in [-0.1, -0.05) is 32.9 Å². The van der Waals surface area contributed by atoms with Gasteiger partial charge in [0.2, 0.25) is 0 Å². The van der Waals surface area contributed by atoms with Gasteiger partial charge >= 0.3 is 0 Å². The maximum Gasteiger partial charge on any atom is 0.261 e. The van der Waals surface area contributed by atoms with Crippen LogP contribution in [0.5, 0.6) is 0 Å². The molecule has 1 saturated heterocycles. The van der Waals surface area contributed by atoms with Crippen molar-refractivity contribution in [1.82, 2.24) is 0 Å². The Hall–Kier alpha value is -2.12. The zero-order valence-electron chi connectivity index (χ0n) is 15.8. The van der Waals surface area contributed by atoms with Crippen molar-refractivity contribution in [1.29, 1.82) is 0 Å². The SMILES string of the molecule is CC(C)(C)c1ccc(S(=O)(=O)Nc2cc(F)ccc2N2CCOCC2)cc1. The Kier molecular flexibility index (Phi) is 5.44. The van der Waals surface area contributed by atoms with Crippen LogP contribution in [0.2, 0.25) is 0 Å². The van der Waals surface area contributed by atoms with E-state index in [0.717, 1.165) is 5.56 Å². The van der Waals surface area contributed by atoms with Crippen LogP contribution in [0.4, 0.5) is 15.8 Å². The van der Waals surface area contributed by atoms with Gasteiger partial charge in [0, 0.05) is 19.2 Å². The van der Waals surface area contributed by atoms with Crippen LogP contribution in [-0.2, 0) is 20.2 Å². The highest BCUT2D eigenvalue weighted by Crippen LogP contribution is 2.30.